The quantitative estimate of drug-likeness (QED) is 0.801. The second-order valence-electron chi connectivity index (χ2n) is 4.90. The van der Waals surface area contributed by atoms with Gasteiger partial charge in [-0.2, -0.15) is 0 Å². The van der Waals surface area contributed by atoms with Crippen molar-refractivity contribution in [2.75, 3.05) is 24.7 Å². The van der Waals surface area contributed by atoms with Gasteiger partial charge in [0, 0.05) is 24.9 Å². The lowest BCUT2D eigenvalue weighted by Crippen LogP contribution is -2.41. The summed E-state index contributed by atoms with van der Waals surface area (Å²) in [5, 5.41) is 2.73. The van der Waals surface area contributed by atoms with Crippen molar-refractivity contribution in [2.45, 2.75) is 23.8 Å². The fourth-order valence-corrected chi connectivity index (χ4v) is 3.89. The zero-order valence-electron chi connectivity index (χ0n) is 11.3. The summed E-state index contributed by atoms with van der Waals surface area (Å²) in [4.78, 5) is 11.8. The Hall–Kier alpha value is -1.31. The maximum absolute atomic E-state index is 12.2. The highest BCUT2D eigenvalue weighted by molar-refractivity contribution is 7.92. The van der Waals surface area contributed by atoms with Crippen LogP contribution >= 0.6 is 11.6 Å². The van der Waals surface area contributed by atoms with E-state index in [-0.39, 0.29) is 16.0 Å². The standard InChI is InChI=1S/C13H17ClN2O4S/c14-11-7-9(15)1-2-12(11)21(18,19)8-13(17)16-10-3-5-20-6-4-10/h1-2,7,10H,3-6,8,15H2,(H,16,17). The van der Waals surface area contributed by atoms with Crippen LogP contribution in [-0.2, 0) is 19.4 Å². The lowest BCUT2D eigenvalue weighted by Gasteiger charge is -2.23. The summed E-state index contributed by atoms with van der Waals surface area (Å²) >= 11 is 5.88. The molecule has 2 rings (SSSR count). The first-order chi connectivity index (χ1) is 9.88. The molecule has 8 heteroatoms. The van der Waals surface area contributed by atoms with Crippen molar-refractivity contribution in [3.05, 3.63) is 23.2 Å². The highest BCUT2D eigenvalue weighted by Crippen LogP contribution is 2.24. The second kappa shape index (κ2) is 6.64. The number of hydrogen-bond acceptors (Lipinski definition) is 5. The Labute approximate surface area is 128 Å². The fourth-order valence-electron chi connectivity index (χ4n) is 2.13. The minimum atomic E-state index is -3.79. The molecule has 1 aromatic rings. The minimum absolute atomic E-state index is 0.0221. The van der Waals surface area contributed by atoms with E-state index in [0.29, 0.717) is 31.7 Å². The average molecular weight is 333 g/mol. The Morgan fingerprint density at radius 2 is 2.05 bits per heavy atom. The molecule has 0 saturated carbocycles. The third kappa shape index (κ3) is 4.33. The zero-order chi connectivity index (χ0) is 15.5. The van der Waals surface area contributed by atoms with E-state index in [1.165, 1.54) is 18.2 Å². The molecule has 1 aliphatic heterocycles. The molecule has 0 aromatic heterocycles. The van der Waals surface area contributed by atoms with Crippen LogP contribution in [0.25, 0.3) is 0 Å². The third-order valence-corrected chi connectivity index (χ3v) is 5.29. The molecule has 1 amide bonds. The van der Waals surface area contributed by atoms with Crippen LogP contribution in [0, 0.1) is 0 Å². The highest BCUT2D eigenvalue weighted by atomic mass is 35.5. The zero-order valence-corrected chi connectivity index (χ0v) is 12.9. The van der Waals surface area contributed by atoms with Gasteiger partial charge in [0.1, 0.15) is 5.75 Å². The molecule has 116 valence electrons. The van der Waals surface area contributed by atoms with Gasteiger partial charge in [0.05, 0.1) is 9.92 Å². The molecule has 1 aliphatic rings. The normalized spacial score (nSPS) is 16.6. The molecule has 6 nitrogen and oxygen atoms in total. The van der Waals surface area contributed by atoms with E-state index in [4.69, 9.17) is 22.1 Å². The molecule has 1 fully saturated rings. The highest BCUT2D eigenvalue weighted by Gasteiger charge is 2.24. The van der Waals surface area contributed by atoms with Gasteiger partial charge in [0.2, 0.25) is 5.91 Å². The monoisotopic (exact) mass is 332 g/mol. The van der Waals surface area contributed by atoms with E-state index in [9.17, 15) is 13.2 Å². The number of hydrogen-bond donors (Lipinski definition) is 2. The molecule has 0 bridgehead atoms. The molecule has 0 aliphatic carbocycles. The van der Waals surface area contributed by atoms with E-state index in [1.807, 2.05) is 0 Å². The largest absolute Gasteiger partial charge is 0.399 e. The van der Waals surface area contributed by atoms with Crippen LogP contribution in [0.4, 0.5) is 5.69 Å². The van der Waals surface area contributed by atoms with Crippen LogP contribution in [0.3, 0.4) is 0 Å². The van der Waals surface area contributed by atoms with Crippen molar-refractivity contribution in [1.82, 2.24) is 5.32 Å². The summed E-state index contributed by atoms with van der Waals surface area (Å²) in [7, 11) is -3.79. The lowest BCUT2D eigenvalue weighted by atomic mass is 10.1. The van der Waals surface area contributed by atoms with E-state index in [1.54, 1.807) is 0 Å². The molecule has 3 N–H and O–H groups in total. The van der Waals surface area contributed by atoms with E-state index < -0.39 is 21.5 Å². The third-order valence-electron chi connectivity index (χ3n) is 3.20. The summed E-state index contributed by atoms with van der Waals surface area (Å²) in [5.74, 6) is -1.16. The maximum Gasteiger partial charge on any atom is 0.235 e. The Bertz CT molecular complexity index is 627. The first-order valence-corrected chi connectivity index (χ1v) is 8.56. The van der Waals surface area contributed by atoms with Gasteiger partial charge in [-0.05, 0) is 31.0 Å². The maximum atomic E-state index is 12.2. The summed E-state index contributed by atoms with van der Waals surface area (Å²) in [6.45, 7) is 1.14. The SMILES string of the molecule is Nc1ccc(S(=O)(=O)CC(=O)NC2CCOCC2)c(Cl)c1. The van der Waals surface area contributed by atoms with Crippen LogP contribution in [0.5, 0.6) is 0 Å². The Kier molecular flexibility index (Phi) is 5.08. The van der Waals surface area contributed by atoms with Gasteiger partial charge >= 0.3 is 0 Å². The molecule has 21 heavy (non-hydrogen) atoms. The molecular formula is C13H17ClN2O4S. The van der Waals surface area contributed by atoms with Crippen LogP contribution in [0.1, 0.15) is 12.8 Å². The van der Waals surface area contributed by atoms with Crippen molar-refractivity contribution in [3.63, 3.8) is 0 Å². The van der Waals surface area contributed by atoms with Gasteiger partial charge in [0.15, 0.2) is 9.84 Å². The molecule has 1 heterocycles. The molecule has 0 unspecified atom stereocenters. The number of nitrogens with one attached hydrogen (secondary N) is 1. The predicted octanol–water partition coefficient (Wildman–Crippen LogP) is 0.991. The van der Waals surface area contributed by atoms with Gasteiger partial charge in [0.25, 0.3) is 0 Å². The first-order valence-electron chi connectivity index (χ1n) is 6.53. The predicted molar refractivity (Wildman–Crippen MR) is 79.9 cm³/mol. The number of amides is 1. The number of ether oxygens (including phenoxy) is 1. The van der Waals surface area contributed by atoms with Crippen molar-refractivity contribution in [1.29, 1.82) is 0 Å². The van der Waals surface area contributed by atoms with E-state index >= 15 is 0 Å². The van der Waals surface area contributed by atoms with Gasteiger partial charge in [-0.1, -0.05) is 11.6 Å². The number of carbonyl (C=O) groups is 1. The molecule has 0 radical (unpaired) electrons. The lowest BCUT2D eigenvalue weighted by molar-refractivity contribution is -0.119. The summed E-state index contributed by atoms with van der Waals surface area (Å²) in [6.07, 6.45) is 1.38. The number of nitrogen functional groups attached to an aromatic ring is 1. The smallest absolute Gasteiger partial charge is 0.235 e. The van der Waals surface area contributed by atoms with Gasteiger partial charge in [-0.15, -0.1) is 0 Å². The van der Waals surface area contributed by atoms with Crippen LogP contribution in [-0.4, -0.2) is 39.3 Å². The van der Waals surface area contributed by atoms with Gasteiger partial charge < -0.3 is 15.8 Å². The number of nitrogens with two attached hydrogens (primary N) is 1. The molecule has 0 spiro atoms. The summed E-state index contributed by atoms with van der Waals surface area (Å²) < 4.78 is 29.6. The average Bonchev–Trinajstić information content (AvgIpc) is 2.38. The second-order valence-corrected chi connectivity index (χ2v) is 7.27. The number of halogens is 1. The number of rotatable bonds is 4. The number of benzene rings is 1. The van der Waals surface area contributed by atoms with Crippen molar-refractivity contribution >= 4 is 33.0 Å². The van der Waals surface area contributed by atoms with Crippen LogP contribution < -0.4 is 11.1 Å². The van der Waals surface area contributed by atoms with Crippen molar-refractivity contribution in [3.8, 4) is 0 Å². The van der Waals surface area contributed by atoms with Gasteiger partial charge in [-0.25, -0.2) is 8.42 Å². The molecular weight excluding hydrogens is 316 g/mol. The molecule has 1 saturated heterocycles. The number of carbonyl (C=O) groups excluding carboxylic acids is 1. The van der Waals surface area contributed by atoms with E-state index in [2.05, 4.69) is 5.32 Å². The fraction of sp³-hybridized carbons (Fsp3) is 0.462. The Morgan fingerprint density at radius 3 is 2.67 bits per heavy atom. The summed E-state index contributed by atoms with van der Waals surface area (Å²) in [5.41, 5.74) is 5.89. The van der Waals surface area contributed by atoms with Crippen LogP contribution in [0.15, 0.2) is 23.1 Å². The van der Waals surface area contributed by atoms with E-state index in [0.717, 1.165) is 0 Å². The number of anilines is 1. The Morgan fingerprint density at radius 1 is 1.38 bits per heavy atom. The number of sulfone groups is 1. The van der Waals surface area contributed by atoms with Crippen molar-refractivity contribution in [2.24, 2.45) is 0 Å². The molecule has 0 atom stereocenters. The topological polar surface area (TPSA) is 98.5 Å². The Balaban J connectivity index is 2.04. The van der Waals surface area contributed by atoms with Gasteiger partial charge in [-0.3, -0.25) is 4.79 Å². The summed E-state index contributed by atoms with van der Waals surface area (Å²) in [6, 6.07) is 4.07. The first kappa shape index (κ1) is 16.1. The van der Waals surface area contributed by atoms with Crippen LogP contribution in [0.2, 0.25) is 5.02 Å². The molecule has 1 aromatic carbocycles. The minimum Gasteiger partial charge on any atom is -0.399 e. The van der Waals surface area contributed by atoms with Crippen molar-refractivity contribution < 1.29 is 17.9 Å².